The van der Waals surface area contributed by atoms with Crippen molar-refractivity contribution < 1.29 is 28.6 Å². The SMILES string of the molecule is C[C@@H]1[C@@H]2CN(C(=O)[C@H](C(C)(C)C)CC(=O)O[C@@H]3C[C@@H]4C[C@@H]4[C@H]3CC/C=C/Cn3c(nc4cc(C#N)ccc4c3=O)O2)[C@@H]1C(=O)OC(C)(C)C. The van der Waals surface area contributed by atoms with Crippen LogP contribution in [0.5, 0.6) is 6.01 Å². The zero-order valence-electron chi connectivity index (χ0n) is 29.6. The highest BCUT2D eigenvalue weighted by atomic mass is 16.6. The predicted octanol–water partition coefficient (Wildman–Crippen LogP) is 5.17. The van der Waals surface area contributed by atoms with E-state index in [9.17, 15) is 24.4 Å². The standard InChI is InChI=1S/C38H48N4O7/c1-21-30-20-42(32(21)35(46)49-38(5,6)7)34(45)27(37(2,3)4)18-31(43)47-29-17-23-16-26(23)24(29)11-9-8-10-14-41-33(44)25-13-12-22(19-39)15-28(25)40-36(41)48-30/h8,10,12-13,15,21,23-24,26-27,29-30,32H,9,11,14,16-18,20H2,1-7H3/b10-8+/t21-,23+,24-,26+,27-,29-,30+,32+/m1/s1. The first-order valence-corrected chi connectivity index (χ1v) is 17.5. The topological polar surface area (TPSA) is 141 Å². The molecule has 1 aromatic heterocycles. The third kappa shape index (κ3) is 7.10. The fourth-order valence-corrected chi connectivity index (χ4v) is 7.98. The molecule has 0 radical (unpaired) electrons. The number of hydrogen-bond acceptors (Lipinski definition) is 9. The van der Waals surface area contributed by atoms with E-state index in [-0.39, 0.29) is 49.0 Å². The minimum atomic E-state index is -1.00. The summed E-state index contributed by atoms with van der Waals surface area (Å²) in [4.78, 5) is 62.1. The molecule has 2 bridgehead atoms. The Morgan fingerprint density at radius 1 is 1.02 bits per heavy atom. The number of amides is 1. The molecule has 2 aromatic rings. The van der Waals surface area contributed by atoms with Gasteiger partial charge in [0.15, 0.2) is 0 Å². The summed E-state index contributed by atoms with van der Waals surface area (Å²) < 4.78 is 19.9. The summed E-state index contributed by atoms with van der Waals surface area (Å²) in [5.74, 6) is -1.28. The Labute approximate surface area is 287 Å². The number of allylic oxidation sites excluding steroid dienone is 2. The Morgan fingerprint density at radius 3 is 2.47 bits per heavy atom. The summed E-state index contributed by atoms with van der Waals surface area (Å²) in [6.07, 6.45) is 6.54. The van der Waals surface area contributed by atoms with E-state index in [4.69, 9.17) is 19.2 Å². The first-order valence-electron chi connectivity index (χ1n) is 17.5. The molecule has 0 unspecified atom stereocenters. The molecule has 0 spiro atoms. The molecule has 49 heavy (non-hydrogen) atoms. The van der Waals surface area contributed by atoms with E-state index in [0.717, 1.165) is 25.7 Å². The Kier molecular flexibility index (Phi) is 9.14. The first-order chi connectivity index (χ1) is 23.1. The Hall–Kier alpha value is -4.20. The van der Waals surface area contributed by atoms with Gasteiger partial charge in [-0.1, -0.05) is 39.8 Å². The summed E-state index contributed by atoms with van der Waals surface area (Å²) in [6, 6.07) is 5.87. The smallest absolute Gasteiger partial charge is 0.329 e. The molecule has 262 valence electrons. The Bertz CT molecular complexity index is 1780. The lowest BCUT2D eigenvalue weighted by atomic mass is 9.77. The van der Waals surface area contributed by atoms with Crippen molar-refractivity contribution >= 4 is 28.7 Å². The summed E-state index contributed by atoms with van der Waals surface area (Å²) in [7, 11) is 0. The molecular formula is C38H48N4O7. The van der Waals surface area contributed by atoms with Crippen molar-refractivity contribution in [2.24, 2.45) is 35.0 Å². The Balaban J connectivity index is 1.43. The normalized spacial score (nSPS) is 31.3. The van der Waals surface area contributed by atoms with Crippen molar-refractivity contribution in [3.05, 3.63) is 46.3 Å². The molecule has 4 aliphatic rings. The summed E-state index contributed by atoms with van der Waals surface area (Å²) in [5.41, 5.74) is -1.08. The third-order valence-corrected chi connectivity index (χ3v) is 10.7. The van der Waals surface area contributed by atoms with Crippen LogP contribution in [0, 0.1) is 46.3 Å². The van der Waals surface area contributed by atoms with Crippen LogP contribution < -0.4 is 10.3 Å². The molecule has 3 fully saturated rings. The van der Waals surface area contributed by atoms with Gasteiger partial charge in [0.05, 0.1) is 41.4 Å². The van der Waals surface area contributed by atoms with Crippen molar-refractivity contribution in [2.75, 3.05) is 6.54 Å². The molecule has 2 aliphatic carbocycles. The van der Waals surface area contributed by atoms with Crippen molar-refractivity contribution in [3.63, 3.8) is 0 Å². The minimum absolute atomic E-state index is 0.0155. The molecule has 6 rings (SSSR count). The molecule has 11 nitrogen and oxygen atoms in total. The lowest BCUT2D eigenvalue weighted by Crippen LogP contribution is -2.50. The number of aromatic nitrogens is 2. The zero-order valence-corrected chi connectivity index (χ0v) is 29.6. The van der Waals surface area contributed by atoms with Crippen LogP contribution in [0.1, 0.15) is 86.1 Å². The second-order valence-corrected chi connectivity index (χ2v) is 16.4. The van der Waals surface area contributed by atoms with E-state index in [0.29, 0.717) is 28.3 Å². The molecule has 11 heteroatoms. The molecule has 0 N–H and O–H groups in total. The number of esters is 2. The number of benzene rings is 1. The number of carbonyl (C=O) groups is 3. The van der Waals surface area contributed by atoms with Crippen molar-refractivity contribution in [2.45, 2.75) is 111 Å². The van der Waals surface area contributed by atoms with Gasteiger partial charge in [-0.05, 0) is 87.8 Å². The second kappa shape index (κ2) is 12.9. The Morgan fingerprint density at radius 2 is 1.78 bits per heavy atom. The summed E-state index contributed by atoms with van der Waals surface area (Å²) in [6.45, 7) is 13.1. The van der Waals surface area contributed by atoms with Crippen LogP contribution in [0.15, 0.2) is 35.1 Å². The van der Waals surface area contributed by atoms with Gasteiger partial charge in [0.25, 0.3) is 11.6 Å². The summed E-state index contributed by atoms with van der Waals surface area (Å²) >= 11 is 0. The molecule has 3 heterocycles. The fourth-order valence-electron chi connectivity index (χ4n) is 7.98. The van der Waals surface area contributed by atoms with Crippen molar-refractivity contribution in [3.8, 4) is 12.1 Å². The van der Waals surface area contributed by atoms with E-state index >= 15 is 0 Å². The maximum atomic E-state index is 14.6. The van der Waals surface area contributed by atoms with E-state index < -0.39 is 46.9 Å². The maximum absolute atomic E-state index is 14.6. The van der Waals surface area contributed by atoms with Gasteiger partial charge in [-0.25, -0.2) is 4.79 Å². The van der Waals surface area contributed by atoms with Crippen LogP contribution in [0.4, 0.5) is 0 Å². The molecule has 1 aromatic carbocycles. The average molecular weight is 673 g/mol. The average Bonchev–Trinajstić information content (AvgIpc) is 3.58. The van der Waals surface area contributed by atoms with E-state index in [2.05, 4.69) is 6.07 Å². The van der Waals surface area contributed by atoms with Crippen molar-refractivity contribution in [1.82, 2.24) is 14.5 Å². The fraction of sp³-hybridized carbons (Fsp3) is 0.632. The van der Waals surface area contributed by atoms with E-state index in [1.54, 1.807) is 39.0 Å². The molecular weight excluding hydrogens is 624 g/mol. The number of rotatable bonds is 1. The van der Waals surface area contributed by atoms with Crippen LogP contribution in [0.2, 0.25) is 0 Å². The monoisotopic (exact) mass is 672 g/mol. The van der Waals surface area contributed by atoms with E-state index in [1.807, 2.05) is 39.8 Å². The number of fused-ring (bicyclic) bond motifs is 7. The highest BCUT2D eigenvalue weighted by molar-refractivity contribution is 5.89. The van der Waals surface area contributed by atoms with Crippen LogP contribution >= 0.6 is 0 Å². The lowest BCUT2D eigenvalue weighted by molar-refractivity contribution is -0.167. The number of nitrogens with zero attached hydrogens (tertiary/aromatic N) is 4. The van der Waals surface area contributed by atoms with Gasteiger partial charge in [-0.2, -0.15) is 10.2 Å². The van der Waals surface area contributed by atoms with Gasteiger partial charge in [-0.15, -0.1) is 0 Å². The van der Waals surface area contributed by atoms with Crippen molar-refractivity contribution in [1.29, 1.82) is 5.26 Å². The highest BCUT2D eigenvalue weighted by Crippen LogP contribution is 2.57. The van der Waals surface area contributed by atoms with Gasteiger partial charge in [0, 0.05) is 12.5 Å². The van der Waals surface area contributed by atoms with Crippen LogP contribution in [0.25, 0.3) is 10.9 Å². The molecule has 1 saturated heterocycles. The quantitative estimate of drug-likeness (QED) is 0.296. The maximum Gasteiger partial charge on any atom is 0.329 e. The van der Waals surface area contributed by atoms with Crippen LogP contribution in [-0.4, -0.2) is 62.7 Å². The van der Waals surface area contributed by atoms with Crippen LogP contribution in [-0.2, 0) is 30.4 Å². The highest BCUT2D eigenvalue weighted by Gasteiger charge is 2.55. The largest absolute Gasteiger partial charge is 0.462 e. The van der Waals surface area contributed by atoms with Crippen LogP contribution in [0.3, 0.4) is 0 Å². The minimum Gasteiger partial charge on any atom is -0.462 e. The predicted molar refractivity (Wildman–Crippen MR) is 181 cm³/mol. The number of nitriles is 1. The number of ether oxygens (including phenoxy) is 3. The van der Waals surface area contributed by atoms with Gasteiger partial charge in [0.2, 0.25) is 5.91 Å². The summed E-state index contributed by atoms with van der Waals surface area (Å²) in [5, 5.41) is 9.86. The van der Waals surface area contributed by atoms with Gasteiger partial charge in [-0.3, -0.25) is 19.0 Å². The zero-order chi connectivity index (χ0) is 35.4. The molecule has 2 saturated carbocycles. The second-order valence-electron chi connectivity index (χ2n) is 16.4. The van der Waals surface area contributed by atoms with Gasteiger partial charge < -0.3 is 19.1 Å². The van der Waals surface area contributed by atoms with Gasteiger partial charge >= 0.3 is 11.9 Å². The third-order valence-electron chi connectivity index (χ3n) is 10.7. The van der Waals surface area contributed by atoms with Gasteiger partial charge in [0.1, 0.15) is 23.9 Å². The van der Waals surface area contributed by atoms with E-state index in [1.165, 1.54) is 9.47 Å². The number of carbonyl (C=O) groups excluding carboxylic acids is 3. The molecule has 1 amide bonds. The first kappa shape index (κ1) is 34.7. The molecule has 2 aliphatic heterocycles. The lowest BCUT2D eigenvalue weighted by Gasteiger charge is -2.35. The number of hydrogen-bond donors (Lipinski definition) is 0. The molecule has 8 atom stereocenters.